The van der Waals surface area contributed by atoms with E-state index < -0.39 is 0 Å². The number of halogens is 1. The van der Waals surface area contributed by atoms with Crippen LogP contribution >= 0.6 is 0 Å². The van der Waals surface area contributed by atoms with E-state index in [1.165, 1.54) is 12.1 Å². The maximum atomic E-state index is 12.6. The van der Waals surface area contributed by atoms with Gasteiger partial charge < -0.3 is 10.6 Å². The predicted octanol–water partition coefficient (Wildman–Crippen LogP) is 1.83. The van der Waals surface area contributed by atoms with Crippen molar-refractivity contribution in [1.29, 1.82) is 0 Å². The number of hydrogen-bond acceptors (Lipinski definition) is 2. The second kappa shape index (κ2) is 7.01. The first kappa shape index (κ1) is 13.6. The van der Waals surface area contributed by atoms with E-state index >= 15 is 0 Å². The van der Waals surface area contributed by atoms with Crippen LogP contribution in [-0.2, 0) is 11.3 Å². The first-order valence-electron chi connectivity index (χ1n) is 5.86. The minimum absolute atomic E-state index is 0.0466. The summed E-state index contributed by atoms with van der Waals surface area (Å²) in [6.07, 6.45) is 0.991. The molecule has 4 heteroatoms. The Morgan fingerprint density at radius 3 is 2.59 bits per heavy atom. The summed E-state index contributed by atoms with van der Waals surface area (Å²) in [5, 5.41) is 5.88. The zero-order chi connectivity index (χ0) is 12.7. The van der Waals surface area contributed by atoms with Gasteiger partial charge in [0.05, 0.1) is 6.54 Å². The van der Waals surface area contributed by atoms with E-state index in [9.17, 15) is 9.18 Å². The van der Waals surface area contributed by atoms with Crippen molar-refractivity contribution in [3.63, 3.8) is 0 Å². The Morgan fingerprint density at radius 2 is 2.00 bits per heavy atom. The molecule has 1 atom stereocenters. The van der Waals surface area contributed by atoms with Crippen molar-refractivity contribution in [3.05, 3.63) is 35.6 Å². The van der Waals surface area contributed by atoms with E-state index in [0.717, 1.165) is 12.0 Å². The van der Waals surface area contributed by atoms with Gasteiger partial charge in [-0.3, -0.25) is 4.79 Å². The Balaban J connectivity index is 2.26. The number of nitrogens with one attached hydrogen (secondary N) is 2. The third-order valence-electron chi connectivity index (χ3n) is 2.63. The molecule has 1 aromatic rings. The smallest absolute Gasteiger partial charge is 0.234 e. The van der Waals surface area contributed by atoms with Crippen LogP contribution in [-0.4, -0.2) is 18.5 Å². The van der Waals surface area contributed by atoms with E-state index in [1.54, 1.807) is 12.1 Å². The Labute approximate surface area is 101 Å². The molecule has 0 aliphatic heterocycles. The first-order valence-corrected chi connectivity index (χ1v) is 5.86. The van der Waals surface area contributed by atoms with Crippen LogP contribution < -0.4 is 10.6 Å². The van der Waals surface area contributed by atoms with Crippen LogP contribution in [0, 0.1) is 5.82 Å². The minimum atomic E-state index is -0.265. The lowest BCUT2D eigenvalue weighted by atomic mass is 10.2. The fourth-order valence-corrected chi connectivity index (χ4v) is 1.28. The van der Waals surface area contributed by atoms with Crippen LogP contribution in [0.3, 0.4) is 0 Å². The Kier molecular flexibility index (Phi) is 5.63. The van der Waals surface area contributed by atoms with Crippen molar-refractivity contribution >= 4 is 5.91 Å². The van der Waals surface area contributed by atoms with Gasteiger partial charge in [-0.2, -0.15) is 0 Å². The molecule has 17 heavy (non-hydrogen) atoms. The summed E-state index contributed by atoms with van der Waals surface area (Å²) >= 11 is 0. The molecule has 0 aliphatic carbocycles. The Morgan fingerprint density at radius 1 is 1.35 bits per heavy atom. The average molecular weight is 238 g/mol. The van der Waals surface area contributed by atoms with Gasteiger partial charge in [0.25, 0.3) is 0 Å². The number of hydrogen-bond donors (Lipinski definition) is 2. The highest BCUT2D eigenvalue weighted by Crippen LogP contribution is 2.01. The molecule has 0 spiro atoms. The van der Waals surface area contributed by atoms with Gasteiger partial charge in [-0.1, -0.05) is 19.1 Å². The molecule has 0 heterocycles. The number of rotatable bonds is 6. The molecular formula is C13H19FN2O. The van der Waals surface area contributed by atoms with E-state index in [2.05, 4.69) is 17.6 Å². The molecule has 0 aromatic heterocycles. The number of amides is 1. The molecule has 1 amide bonds. The lowest BCUT2D eigenvalue weighted by Crippen LogP contribution is -2.37. The molecule has 3 nitrogen and oxygen atoms in total. The SMILES string of the molecule is CCC(C)NCC(=O)NCc1ccc(F)cc1. The van der Waals surface area contributed by atoms with E-state index in [1.807, 2.05) is 6.92 Å². The highest BCUT2D eigenvalue weighted by Gasteiger charge is 2.03. The fraction of sp³-hybridized carbons (Fsp3) is 0.462. The highest BCUT2D eigenvalue weighted by molar-refractivity contribution is 5.77. The fourth-order valence-electron chi connectivity index (χ4n) is 1.28. The zero-order valence-electron chi connectivity index (χ0n) is 10.3. The van der Waals surface area contributed by atoms with Gasteiger partial charge >= 0.3 is 0 Å². The first-order chi connectivity index (χ1) is 8.11. The quantitative estimate of drug-likeness (QED) is 0.794. The second-order valence-corrected chi connectivity index (χ2v) is 4.09. The van der Waals surface area contributed by atoms with Gasteiger partial charge in [-0.05, 0) is 31.0 Å². The largest absolute Gasteiger partial charge is 0.351 e. The van der Waals surface area contributed by atoms with Crippen molar-refractivity contribution in [1.82, 2.24) is 10.6 Å². The van der Waals surface area contributed by atoms with Crippen molar-refractivity contribution in [2.45, 2.75) is 32.9 Å². The van der Waals surface area contributed by atoms with E-state index in [0.29, 0.717) is 19.1 Å². The highest BCUT2D eigenvalue weighted by atomic mass is 19.1. The molecule has 1 unspecified atom stereocenters. The molecule has 2 N–H and O–H groups in total. The number of carbonyl (C=O) groups excluding carboxylic acids is 1. The van der Waals surface area contributed by atoms with Crippen molar-refractivity contribution in [2.75, 3.05) is 6.54 Å². The second-order valence-electron chi connectivity index (χ2n) is 4.09. The number of carbonyl (C=O) groups is 1. The molecule has 1 rings (SSSR count). The normalized spacial score (nSPS) is 12.2. The third-order valence-corrected chi connectivity index (χ3v) is 2.63. The van der Waals surface area contributed by atoms with Crippen LogP contribution in [0.4, 0.5) is 4.39 Å². The third kappa shape index (κ3) is 5.45. The summed E-state index contributed by atoms with van der Waals surface area (Å²) in [6.45, 7) is 4.85. The summed E-state index contributed by atoms with van der Waals surface area (Å²) in [6, 6.07) is 6.44. The Hall–Kier alpha value is -1.42. The average Bonchev–Trinajstić information content (AvgIpc) is 2.35. The molecule has 0 bridgehead atoms. The molecule has 1 aromatic carbocycles. The monoisotopic (exact) mass is 238 g/mol. The summed E-state index contributed by atoms with van der Waals surface area (Å²) < 4.78 is 12.6. The van der Waals surface area contributed by atoms with Crippen LogP contribution in [0.15, 0.2) is 24.3 Å². The van der Waals surface area contributed by atoms with Gasteiger partial charge in [-0.25, -0.2) is 4.39 Å². The van der Waals surface area contributed by atoms with Crippen molar-refractivity contribution < 1.29 is 9.18 Å². The van der Waals surface area contributed by atoms with Gasteiger partial charge in [0.15, 0.2) is 0 Å². The summed E-state index contributed by atoms with van der Waals surface area (Å²) in [5.41, 5.74) is 0.892. The molecule has 0 saturated heterocycles. The number of benzene rings is 1. The maximum Gasteiger partial charge on any atom is 0.234 e. The molecule has 0 saturated carbocycles. The summed E-state index contributed by atoms with van der Waals surface area (Å²) in [4.78, 5) is 11.5. The van der Waals surface area contributed by atoms with Crippen LogP contribution in [0.25, 0.3) is 0 Å². The lowest BCUT2D eigenvalue weighted by Gasteiger charge is -2.11. The summed E-state index contributed by atoms with van der Waals surface area (Å²) in [7, 11) is 0. The van der Waals surface area contributed by atoms with Crippen LogP contribution in [0.2, 0.25) is 0 Å². The van der Waals surface area contributed by atoms with Gasteiger partial charge in [0, 0.05) is 12.6 Å². The van der Waals surface area contributed by atoms with Crippen LogP contribution in [0.1, 0.15) is 25.8 Å². The van der Waals surface area contributed by atoms with E-state index in [4.69, 9.17) is 0 Å². The lowest BCUT2D eigenvalue weighted by molar-refractivity contribution is -0.120. The molecular weight excluding hydrogens is 219 g/mol. The zero-order valence-corrected chi connectivity index (χ0v) is 10.3. The van der Waals surface area contributed by atoms with Gasteiger partial charge in [-0.15, -0.1) is 0 Å². The van der Waals surface area contributed by atoms with Crippen LogP contribution in [0.5, 0.6) is 0 Å². The summed E-state index contributed by atoms with van der Waals surface area (Å²) in [5.74, 6) is -0.312. The standard InChI is InChI=1S/C13H19FN2O/c1-3-10(2)15-9-13(17)16-8-11-4-6-12(14)7-5-11/h4-7,10,15H,3,8-9H2,1-2H3,(H,16,17). The maximum absolute atomic E-state index is 12.6. The minimum Gasteiger partial charge on any atom is -0.351 e. The molecule has 94 valence electrons. The predicted molar refractivity (Wildman–Crippen MR) is 66.0 cm³/mol. The molecule has 0 radical (unpaired) electrons. The van der Waals surface area contributed by atoms with Gasteiger partial charge in [0.2, 0.25) is 5.91 Å². The van der Waals surface area contributed by atoms with Crippen molar-refractivity contribution in [3.8, 4) is 0 Å². The van der Waals surface area contributed by atoms with Crippen molar-refractivity contribution in [2.24, 2.45) is 0 Å². The molecule has 0 aliphatic rings. The van der Waals surface area contributed by atoms with E-state index in [-0.39, 0.29) is 11.7 Å². The van der Waals surface area contributed by atoms with Gasteiger partial charge in [0.1, 0.15) is 5.82 Å². The Bertz CT molecular complexity index is 351. The topological polar surface area (TPSA) is 41.1 Å². The molecule has 0 fully saturated rings.